The van der Waals surface area contributed by atoms with Gasteiger partial charge in [0.05, 0.1) is 63.0 Å². The highest BCUT2D eigenvalue weighted by atomic mass is 32.2. The van der Waals surface area contributed by atoms with Gasteiger partial charge in [-0.15, -0.1) is 0 Å². The third kappa shape index (κ3) is 4.19. The van der Waals surface area contributed by atoms with Crippen molar-refractivity contribution in [2.24, 2.45) is 0 Å². The van der Waals surface area contributed by atoms with Crippen LogP contribution in [0.25, 0.3) is 11.3 Å². The number of aromatic nitrogens is 2. The molecule has 3 aromatic carbocycles. The van der Waals surface area contributed by atoms with Crippen LogP contribution in [0.5, 0.6) is 0 Å². The molecule has 2 amide bonds. The minimum atomic E-state index is -3.95. The highest BCUT2D eigenvalue weighted by Gasteiger charge is 2.31. The van der Waals surface area contributed by atoms with Crippen molar-refractivity contribution < 1.29 is 18.0 Å². The van der Waals surface area contributed by atoms with Gasteiger partial charge < -0.3 is 10.6 Å². The van der Waals surface area contributed by atoms with Crippen LogP contribution in [0, 0.1) is 11.3 Å². The van der Waals surface area contributed by atoms with Gasteiger partial charge in [-0.05, 0) is 42.5 Å². The van der Waals surface area contributed by atoms with E-state index < -0.39 is 21.7 Å². The zero-order chi connectivity index (χ0) is 25.3. The molecular formula is C26H17N5O4S. The molecule has 176 valence electrons. The van der Waals surface area contributed by atoms with Crippen molar-refractivity contribution in [1.29, 1.82) is 5.26 Å². The number of sulfone groups is 1. The van der Waals surface area contributed by atoms with Crippen LogP contribution in [0.3, 0.4) is 0 Å². The van der Waals surface area contributed by atoms with Crippen molar-refractivity contribution in [1.82, 2.24) is 15.3 Å². The van der Waals surface area contributed by atoms with Gasteiger partial charge in [-0.2, -0.15) is 5.26 Å². The number of anilines is 1. The lowest BCUT2D eigenvalue weighted by Gasteiger charge is -2.10. The van der Waals surface area contributed by atoms with Gasteiger partial charge in [-0.25, -0.2) is 8.42 Å². The first-order valence-electron chi connectivity index (χ1n) is 10.8. The highest BCUT2D eigenvalue weighted by Crippen LogP contribution is 2.34. The van der Waals surface area contributed by atoms with E-state index >= 15 is 0 Å². The number of nitrogens with one attached hydrogen (secondary N) is 2. The minimum absolute atomic E-state index is 0.0374. The fourth-order valence-corrected chi connectivity index (χ4v) is 5.38. The Morgan fingerprint density at radius 1 is 0.972 bits per heavy atom. The predicted molar refractivity (Wildman–Crippen MR) is 130 cm³/mol. The van der Waals surface area contributed by atoms with Crippen LogP contribution in [-0.4, -0.2) is 30.2 Å². The molecule has 2 heterocycles. The molecule has 0 unspecified atom stereocenters. The molecule has 1 aliphatic heterocycles. The number of rotatable bonds is 4. The smallest absolute Gasteiger partial charge is 0.257 e. The third-order valence-corrected chi connectivity index (χ3v) is 7.52. The Bertz CT molecular complexity index is 1660. The number of carbonyl (C=O) groups is 2. The molecule has 0 fully saturated rings. The Morgan fingerprint density at radius 2 is 1.75 bits per heavy atom. The van der Waals surface area contributed by atoms with Gasteiger partial charge in [0.15, 0.2) is 0 Å². The zero-order valence-electron chi connectivity index (χ0n) is 18.6. The molecule has 2 N–H and O–H groups in total. The molecule has 0 aliphatic carbocycles. The number of carbonyl (C=O) groups excluding carboxylic acids is 2. The number of amides is 2. The first-order chi connectivity index (χ1) is 17.4. The van der Waals surface area contributed by atoms with Crippen LogP contribution in [0.1, 0.15) is 32.0 Å². The van der Waals surface area contributed by atoms with Crippen molar-refractivity contribution in [3.63, 3.8) is 0 Å². The van der Waals surface area contributed by atoms with Crippen molar-refractivity contribution in [2.75, 3.05) is 5.32 Å². The topological polar surface area (TPSA) is 142 Å². The summed E-state index contributed by atoms with van der Waals surface area (Å²) in [6.07, 6.45) is 3.11. The van der Waals surface area contributed by atoms with E-state index in [4.69, 9.17) is 5.26 Å². The second-order valence-electron chi connectivity index (χ2n) is 7.93. The largest absolute Gasteiger partial charge is 0.346 e. The maximum Gasteiger partial charge on any atom is 0.257 e. The number of fused-ring (bicyclic) bond motifs is 2. The minimum Gasteiger partial charge on any atom is -0.346 e. The Hall–Kier alpha value is -4.88. The Labute approximate surface area is 206 Å². The average molecular weight is 496 g/mol. The first kappa shape index (κ1) is 22.9. The molecule has 4 aromatic rings. The van der Waals surface area contributed by atoms with E-state index in [1.165, 1.54) is 36.5 Å². The predicted octanol–water partition coefficient (Wildman–Crippen LogP) is 3.34. The molecule has 10 heteroatoms. The number of nitriles is 1. The van der Waals surface area contributed by atoms with Crippen LogP contribution >= 0.6 is 0 Å². The molecule has 0 bridgehead atoms. The fourth-order valence-electron chi connectivity index (χ4n) is 3.78. The third-order valence-electron chi connectivity index (χ3n) is 5.65. The van der Waals surface area contributed by atoms with Crippen LogP contribution in [0.4, 0.5) is 5.69 Å². The van der Waals surface area contributed by atoms with E-state index in [2.05, 4.69) is 26.7 Å². The first-order valence-corrected chi connectivity index (χ1v) is 12.2. The summed E-state index contributed by atoms with van der Waals surface area (Å²) in [5.74, 6) is -1.03. The van der Waals surface area contributed by atoms with E-state index in [-0.39, 0.29) is 33.2 Å². The average Bonchev–Trinajstić information content (AvgIpc) is 2.99. The van der Waals surface area contributed by atoms with Gasteiger partial charge >= 0.3 is 0 Å². The number of hydrogen-bond acceptors (Lipinski definition) is 7. The summed E-state index contributed by atoms with van der Waals surface area (Å²) in [5.41, 5.74) is 2.75. The van der Waals surface area contributed by atoms with Gasteiger partial charge in [0.1, 0.15) is 0 Å². The molecule has 0 saturated heterocycles. The summed E-state index contributed by atoms with van der Waals surface area (Å²) < 4.78 is 26.2. The number of benzene rings is 3. The summed E-state index contributed by atoms with van der Waals surface area (Å²) in [4.78, 5) is 33.9. The van der Waals surface area contributed by atoms with Gasteiger partial charge in [0, 0.05) is 11.1 Å². The normalized spacial score (nSPS) is 13.4. The quantitative estimate of drug-likeness (QED) is 0.442. The monoisotopic (exact) mass is 495 g/mol. The van der Waals surface area contributed by atoms with Gasteiger partial charge in [0.2, 0.25) is 9.84 Å². The van der Waals surface area contributed by atoms with E-state index in [1.54, 1.807) is 42.6 Å². The summed E-state index contributed by atoms with van der Waals surface area (Å²) in [6.45, 7) is 0.0899. The second-order valence-corrected chi connectivity index (χ2v) is 9.82. The standard InChI is InChI=1S/C26H17N5O4S/c27-12-16-5-7-17(8-6-16)22-15-28-19(13-29-22)14-30-25(32)18-9-10-24-21(11-18)31-26(33)20-3-1-2-4-23(20)36(24,34)35/h1-11,13,15H,14H2,(H,30,32)(H,31,33). The second kappa shape index (κ2) is 9.05. The number of nitrogens with zero attached hydrogens (tertiary/aromatic N) is 3. The van der Waals surface area contributed by atoms with Crippen LogP contribution in [0.2, 0.25) is 0 Å². The molecular weight excluding hydrogens is 478 g/mol. The van der Waals surface area contributed by atoms with Crippen LogP contribution in [-0.2, 0) is 16.4 Å². The van der Waals surface area contributed by atoms with Crippen molar-refractivity contribution >= 4 is 27.3 Å². The summed E-state index contributed by atoms with van der Waals surface area (Å²) in [7, 11) is -3.95. The van der Waals surface area contributed by atoms with Crippen LogP contribution < -0.4 is 10.6 Å². The van der Waals surface area contributed by atoms with E-state index in [0.29, 0.717) is 17.0 Å². The molecule has 1 aliphatic rings. The van der Waals surface area contributed by atoms with Gasteiger partial charge in [-0.3, -0.25) is 19.6 Å². The summed E-state index contributed by atoms with van der Waals surface area (Å²) in [5, 5.41) is 14.2. The fraction of sp³-hybridized carbons (Fsp3) is 0.0385. The SMILES string of the molecule is N#Cc1ccc(-c2cnc(CNC(=O)c3ccc4c(c3)NC(=O)c3ccccc3S4(=O)=O)cn2)cc1. The lowest BCUT2D eigenvalue weighted by molar-refractivity contribution is 0.0949. The van der Waals surface area contributed by atoms with Crippen LogP contribution in [0.15, 0.2) is 88.9 Å². The maximum absolute atomic E-state index is 13.1. The molecule has 0 atom stereocenters. The molecule has 5 rings (SSSR count). The van der Waals surface area contributed by atoms with E-state index in [1.807, 2.05) is 0 Å². The Balaban J connectivity index is 1.32. The van der Waals surface area contributed by atoms with Gasteiger partial charge in [0.25, 0.3) is 11.8 Å². The van der Waals surface area contributed by atoms with E-state index in [9.17, 15) is 18.0 Å². The molecule has 0 radical (unpaired) electrons. The van der Waals surface area contributed by atoms with Gasteiger partial charge in [-0.1, -0.05) is 24.3 Å². The lowest BCUT2D eigenvalue weighted by Crippen LogP contribution is -2.23. The van der Waals surface area contributed by atoms with Crippen molar-refractivity contribution in [3.8, 4) is 17.3 Å². The zero-order valence-corrected chi connectivity index (χ0v) is 19.4. The maximum atomic E-state index is 13.1. The molecule has 36 heavy (non-hydrogen) atoms. The van der Waals surface area contributed by atoms with Crippen molar-refractivity contribution in [3.05, 3.63) is 102 Å². The van der Waals surface area contributed by atoms with Crippen molar-refractivity contribution in [2.45, 2.75) is 16.3 Å². The highest BCUT2D eigenvalue weighted by molar-refractivity contribution is 7.91. The summed E-state index contributed by atoms with van der Waals surface area (Å²) in [6, 6.07) is 19.0. The molecule has 0 saturated carbocycles. The Kier molecular flexibility index (Phi) is 5.76. The molecule has 1 aromatic heterocycles. The Morgan fingerprint density at radius 3 is 2.47 bits per heavy atom. The van der Waals surface area contributed by atoms with E-state index in [0.717, 1.165) is 5.56 Å². The summed E-state index contributed by atoms with van der Waals surface area (Å²) >= 11 is 0. The lowest BCUT2D eigenvalue weighted by atomic mass is 10.1. The molecule has 9 nitrogen and oxygen atoms in total. The number of hydrogen-bond donors (Lipinski definition) is 2. The molecule has 0 spiro atoms.